The summed E-state index contributed by atoms with van der Waals surface area (Å²) in [6, 6.07) is 3.66. The Bertz CT molecular complexity index is 584. The fourth-order valence-corrected chi connectivity index (χ4v) is 1.64. The van der Waals surface area contributed by atoms with Crippen LogP contribution in [0, 0.1) is 30.6 Å². The zero-order chi connectivity index (χ0) is 14.1. The van der Waals surface area contributed by atoms with Crippen LogP contribution in [0.4, 0.5) is 0 Å². The first-order valence-electron chi connectivity index (χ1n) is 5.83. The van der Waals surface area contributed by atoms with Crippen molar-refractivity contribution in [3.63, 3.8) is 0 Å². The molecule has 0 atom stereocenters. The molecule has 1 heterocycles. The molecular formula is C14H18N2O2. The van der Waals surface area contributed by atoms with E-state index in [0.717, 1.165) is 0 Å². The molecule has 4 heteroatoms. The highest BCUT2D eigenvalue weighted by molar-refractivity contribution is 5.83. The van der Waals surface area contributed by atoms with E-state index in [2.05, 4.69) is 0 Å². The third-order valence-corrected chi connectivity index (χ3v) is 2.95. The molecule has 0 aliphatic carbocycles. The number of aromatic nitrogens is 1. The number of hydrogen-bond donors (Lipinski definition) is 0. The van der Waals surface area contributed by atoms with E-state index in [-0.39, 0.29) is 23.5 Å². The number of nitrogens with zero attached hydrogens (tertiary/aromatic N) is 2. The zero-order valence-electron chi connectivity index (χ0n) is 11.5. The number of Topliss-reactive ketones (excluding diaryl/α,β-unsaturated/α-hetero) is 1. The van der Waals surface area contributed by atoms with Gasteiger partial charge in [0.1, 0.15) is 11.6 Å². The van der Waals surface area contributed by atoms with Gasteiger partial charge >= 0.3 is 0 Å². The van der Waals surface area contributed by atoms with Crippen LogP contribution in [0.2, 0.25) is 0 Å². The highest BCUT2D eigenvalue weighted by Crippen LogP contribution is 2.16. The molecule has 18 heavy (non-hydrogen) atoms. The number of carbonyl (C=O) groups is 1. The Morgan fingerprint density at radius 2 is 1.94 bits per heavy atom. The van der Waals surface area contributed by atoms with Gasteiger partial charge in [0, 0.05) is 11.1 Å². The molecule has 0 saturated heterocycles. The van der Waals surface area contributed by atoms with Crippen molar-refractivity contribution in [2.24, 2.45) is 5.41 Å². The summed E-state index contributed by atoms with van der Waals surface area (Å²) in [6.07, 6.45) is 0. The maximum absolute atomic E-state index is 12.1. The molecule has 0 bridgehead atoms. The van der Waals surface area contributed by atoms with E-state index in [0.29, 0.717) is 11.3 Å². The number of aryl methyl sites for hydroxylation is 2. The minimum absolute atomic E-state index is 0.0170. The van der Waals surface area contributed by atoms with Crippen LogP contribution in [0.15, 0.2) is 10.9 Å². The quantitative estimate of drug-likeness (QED) is 0.801. The van der Waals surface area contributed by atoms with Crippen molar-refractivity contribution in [3.05, 3.63) is 33.2 Å². The van der Waals surface area contributed by atoms with Crippen LogP contribution < -0.4 is 5.56 Å². The highest BCUT2D eigenvalue weighted by Gasteiger charge is 2.23. The SMILES string of the molecule is Cc1cc(C)n(CC(=O)C(C)(C)C)c(=O)c1C#N. The van der Waals surface area contributed by atoms with Crippen LogP contribution in [-0.4, -0.2) is 10.4 Å². The van der Waals surface area contributed by atoms with Gasteiger partial charge in [0.2, 0.25) is 0 Å². The van der Waals surface area contributed by atoms with Crippen LogP contribution in [-0.2, 0) is 11.3 Å². The highest BCUT2D eigenvalue weighted by atomic mass is 16.1. The first-order valence-corrected chi connectivity index (χ1v) is 5.83. The second-order valence-electron chi connectivity index (χ2n) is 5.52. The van der Waals surface area contributed by atoms with Gasteiger partial charge in [0.25, 0.3) is 5.56 Å². The van der Waals surface area contributed by atoms with Crippen molar-refractivity contribution >= 4 is 5.78 Å². The van der Waals surface area contributed by atoms with Crippen LogP contribution in [0.3, 0.4) is 0 Å². The molecule has 96 valence electrons. The molecule has 0 aliphatic rings. The molecule has 0 radical (unpaired) electrons. The Kier molecular flexibility index (Phi) is 3.76. The largest absolute Gasteiger partial charge is 0.304 e. The average molecular weight is 246 g/mol. The van der Waals surface area contributed by atoms with E-state index in [9.17, 15) is 9.59 Å². The average Bonchev–Trinajstić information content (AvgIpc) is 2.22. The van der Waals surface area contributed by atoms with Crippen molar-refractivity contribution in [1.29, 1.82) is 5.26 Å². The first-order chi connectivity index (χ1) is 8.18. The van der Waals surface area contributed by atoms with Crippen LogP contribution in [0.1, 0.15) is 37.6 Å². The van der Waals surface area contributed by atoms with Gasteiger partial charge in [0.15, 0.2) is 5.78 Å². The van der Waals surface area contributed by atoms with Crippen LogP contribution in [0.5, 0.6) is 0 Å². The maximum atomic E-state index is 12.1. The van der Waals surface area contributed by atoms with E-state index < -0.39 is 5.41 Å². The third-order valence-electron chi connectivity index (χ3n) is 2.95. The van der Waals surface area contributed by atoms with E-state index in [1.165, 1.54) is 4.57 Å². The summed E-state index contributed by atoms with van der Waals surface area (Å²) >= 11 is 0. The second-order valence-corrected chi connectivity index (χ2v) is 5.52. The van der Waals surface area contributed by atoms with Gasteiger partial charge in [-0.15, -0.1) is 0 Å². The van der Waals surface area contributed by atoms with Gasteiger partial charge in [-0.1, -0.05) is 20.8 Å². The maximum Gasteiger partial charge on any atom is 0.269 e. The van der Waals surface area contributed by atoms with Crippen molar-refractivity contribution in [1.82, 2.24) is 4.57 Å². The molecule has 0 aromatic carbocycles. The molecule has 1 aromatic rings. The van der Waals surface area contributed by atoms with E-state index in [1.807, 2.05) is 26.8 Å². The lowest BCUT2D eigenvalue weighted by atomic mass is 9.90. The van der Waals surface area contributed by atoms with Crippen molar-refractivity contribution in [2.45, 2.75) is 41.2 Å². The number of carbonyl (C=O) groups excluding carboxylic acids is 1. The van der Waals surface area contributed by atoms with Crippen molar-refractivity contribution < 1.29 is 4.79 Å². The molecule has 0 aliphatic heterocycles. The third kappa shape index (κ3) is 2.67. The lowest BCUT2D eigenvalue weighted by Gasteiger charge is -2.19. The Labute approximate surface area is 107 Å². The first kappa shape index (κ1) is 14.2. The van der Waals surface area contributed by atoms with Gasteiger partial charge in [-0.25, -0.2) is 0 Å². The minimum Gasteiger partial charge on any atom is -0.304 e. The Hall–Kier alpha value is -1.89. The molecular weight excluding hydrogens is 228 g/mol. The number of rotatable bonds is 2. The predicted molar refractivity (Wildman–Crippen MR) is 69.4 cm³/mol. The zero-order valence-corrected chi connectivity index (χ0v) is 11.5. The van der Waals surface area contributed by atoms with Gasteiger partial charge in [-0.3, -0.25) is 9.59 Å². The summed E-state index contributed by atoms with van der Waals surface area (Å²) < 4.78 is 1.37. The smallest absolute Gasteiger partial charge is 0.269 e. The Morgan fingerprint density at radius 1 is 1.39 bits per heavy atom. The molecule has 0 saturated carbocycles. The predicted octanol–water partition coefficient (Wildman–Crippen LogP) is 1.95. The summed E-state index contributed by atoms with van der Waals surface area (Å²) in [5.74, 6) is -0.0274. The topological polar surface area (TPSA) is 62.9 Å². The Balaban J connectivity index is 3.32. The number of hydrogen-bond acceptors (Lipinski definition) is 3. The molecule has 0 unspecified atom stereocenters. The summed E-state index contributed by atoms with van der Waals surface area (Å²) in [5.41, 5.74) is 0.590. The van der Waals surface area contributed by atoms with Gasteiger partial charge in [0.05, 0.1) is 6.54 Å². The lowest BCUT2D eigenvalue weighted by molar-refractivity contribution is -0.126. The van der Waals surface area contributed by atoms with E-state index in [1.54, 1.807) is 19.9 Å². The van der Waals surface area contributed by atoms with Crippen molar-refractivity contribution in [2.75, 3.05) is 0 Å². The standard InChI is InChI=1S/C14H18N2O2/c1-9-6-10(2)16(13(18)11(9)7-15)8-12(17)14(3,4)5/h6H,8H2,1-5H3. The summed E-state index contributed by atoms with van der Waals surface area (Å²) in [5, 5.41) is 8.96. The molecule has 1 aromatic heterocycles. The van der Waals surface area contributed by atoms with E-state index >= 15 is 0 Å². The molecule has 0 spiro atoms. The lowest BCUT2D eigenvalue weighted by Crippen LogP contribution is -2.33. The second kappa shape index (κ2) is 4.77. The number of nitriles is 1. The fourth-order valence-electron chi connectivity index (χ4n) is 1.64. The van der Waals surface area contributed by atoms with Crippen molar-refractivity contribution in [3.8, 4) is 6.07 Å². The van der Waals surface area contributed by atoms with Crippen LogP contribution >= 0.6 is 0 Å². The monoisotopic (exact) mass is 246 g/mol. The van der Waals surface area contributed by atoms with Gasteiger partial charge < -0.3 is 4.57 Å². The summed E-state index contributed by atoms with van der Waals surface area (Å²) in [7, 11) is 0. The Morgan fingerprint density at radius 3 is 2.39 bits per heavy atom. The normalized spacial score (nSPS) is 11.1. The minimum atomic E-state index is -0.496. The summed E-state index contributed by atoms with van der Waals surface area (Å²) in [4.78, 5) is 24.1. The van der Waals surface area contributed by atoms with E-state index in [4.69, 9.17) is 5.26 Å². The molecule has 0 N–H and O–H groups in total. The summed E-state index contributed by atoms with van der Waals surface area (Å²) in [6.45, 7) is 8.96. The molecule has 4 nitrogen and oxygen atoms in total. The van der Waals surface area contributed by atoms with Gasteiger partial charge in [-0.05, 0) is 25.5 Å². The number of pyridine rings is 1. The number of ketones is 1. The van der Waals surface area contributed by atoms with Gasteiger partial charge in [-0.2, -0.15) is 5.26 Å². The van der Waals surface area contributed by atoms with Crippen LogP contribution in [0.25, 0.3) is 0 Å². The molecule has 0 fully saturated rings. The fraction of sp³-hybridized carbons (Fsp3) is 0.500. The molecule has 1 rings (SSSR count). The molecule has 0 amide bonds.